The molecule has 0 bridgehead atoms. The molecule has 0 fully saturated rings. The molecule has 10 aromatic rings. The fourth-order valence-corrected chi connectivity index (χ4v) is 7.28. The fraction of sp³-hybridized carbons (Fsp3) is 0. The number of furan rings is 1. The van der Waals surface area contributed by atoms with Gasteiger partial charge in [-0.3, -0.25) is 0 Å². The SMILES string of the molecule is c1ccc(-c2ccc(-c3ccc(N(c4cccc(-c5ccccc5)c4)c4ccc5c(c4)oc4ccc6oc(-c7ccccc7)nc6c45)cc3)cc2)cc1. The second-order valence-corrected chi connectivity index (χ2v) is 13.2. The molecular formula is C49H32N2O2. The Morgan fingerprint density at radius 1 is 0.340 bits per heavy atom. The van der Waals surface area contributed by atoms with Crippen molar-refractivity contribution in [2.24, 2.45) is 0 Å². The van der Waals surface area contributed by atoms with Crippen LogP contribution in [0.5, 0.6) is 0 Å². The summed E-state index contributed by atoms with van der Waals surface area (Å²) in [6, 6.07) is 67.6. The van der Waals surface area contributed by atoms with E-state index in [1.165, 1.54) is 22.3 Å². The van der Waals surface area contributed by atoms with Crippen LogP contribution in [-0.2, 0) is 0 Å². The van der Waals surface area contributed by atoms with Crippen LogP contribution >= 0.6 is 0 Å². The summed E-state index contributed by atoms with van der Waals surface area (Å²) < 4.78 is 12.8. The summed E-state index contributed by atoms with van der Waals surface area (Å²) in [5, 5.41) is 1.95. The molecule has 0 radical (unpaired) electrons. The van der Waals surface area contributed by atoms with Crippen molar-refractivity contribution in [3.63, 3.8) is 0 Å². The molecule has 2 heterocycles. The standard InChI is InChI=1S/C49H32N2O2/c1-4-11-33(12-5-1)35-19-21-36(22-20-35)37-23-25-40(26-24-37)51(41-18-10-17-39(31-41)34-13-6-2-7-14-34)42-27-28-43-46(32-42)52-44-29-30-45-48(47(43)44)50-49(53-45)38-15-8-3-9-16-38/h1-32H. The molecule has 250 valence electrons. The van der Waals surface area contributed by atoms with Gasteiger partial charge in [0.1, 0.15) is 16.7 Å². The molecular weight excluding hydrogens is 649 g/mol. The third-order valence-corrected chi connectivity index (χ3v) is 9.92. The van der Waals surface area contributed by atoms with Crippen LogP contribution in [0, 0.1) is 0 Å². The number of nitrogens with zero attached hydrogens (tertiary/aromatic N) is 2. The van der Waals surface area contributed by atoms with Crippen molar-refractivity contribution in [2.75, 3.05) is 4.90 Å². The van der Waals surface area contributed by atoms with Crippen molar-refractivity contribution in [2.45, 2.75) is 0 Å². The predicted molar refractivity (Wildman–Crippen MR) is 218 cm³/mol. The number of hydrogen-bond donors (Lipinski definition) is 0. The van der Waals surface area contributed by atoms with E-state index in [9.17, 15) is 0 Å². The maximum Gasteiger partial charge on any atom is 0.227 e. The van der Waals surface area contributed by atoms with E-state index in [1.54, 1.807) is 0 Å². The van der Waals surface area contributed by atoms with E-state index in [0.717, 1.165) is 66.8 Å². The Kier molecular flexibility index (Phi) is 7.43. The van der Waals surface area contributed by atoms with Gasteiger partial charge in [-0.25, -0.2) is 4.98 Å². The van der Waals surface area contributed by atoms with E-state index in [1.807, 2.05) is 54.6 Å². The highest BCUT2D eigenvalue weighted by molar-refractivity contribution is 6.17. The molecule has 0 aliphatic heterocycles. The first-order chi connectivity index (χ1) is 26.2. The highest BCUT2D eigenvalue weighted by Crippen LogP contribution is 2.42. The maximum atomic E-state index is 6.54. The monoisotopic (exact) mass is 680 g/mol. The smallest absolute Gasteiger partial charge is 0.227 e. The van der Waals surface area contributed by atoms with Crippen LogP contribution in [-0.4, -0.2) is 4.98 Å². The van der Waals surface area contributed by atoms with Gasteiger partial charge in [0, 0.05) is 34.1 Å². The fourth-order valence-electron chi connectivity index (χ4n) is 7.28. The van der Waals surface area contributed by atoms with Gasteiger partial charge in [-0.1, -0.05) is 127 Å². The van der Waals surface area contributed by atoms with Gasteiger partial charge in [0.05, 0.1) is 5.39 Å². The van der Waals surface area contributed by atoms with Gasteiger partial charge >= 0.3 is 0 Å². The lowest BCUT2D eigenvalue weighted by molar-refractivity contribution is 0.619. The number of fused-ring (bicyclic) bond motifs is 5. The minimum Gasteiger partial charge on any atom is -0.456 e. The minimum atomic E-state index is 0.596. The summed E-state index contributed by atoms with van der Waals surface area (Å²) in [7, 11) is 0. The van der Waals surface area contributed by atoms with Crippen molar-refractivity contribution in [1.29, 1.82) is 0 Å². The van der Waals surface area contributed by atoms with E-state index in [-0.39, 0.29) is 0 Å². The second kappa shape index (κ2) is 12.9. The number of aromatic nitrogens is 1. The van der Waals surface area contributed by atoms with Crippen LogP contribution in [0.2, 0.25) is 0 Å². The molecule has 0 N–H and O–H groups in total. The Bertz CT molecular complexity index is 2860. The normalized spacial score (nSPS) is 11.4. The third-order valence-electron chi connectivity index (χ3n) is 9.92. The highest BCUT2D eigenvalue weighted by Gasteiger charge is 2.20. The molecule has 0 saturated heterocycles. The lowest BCUT2D eigenvalue weighted by Gasteiger charge is -2.26. The Labute approximate surface area is 306 Å². The van der Waals surface area contributed by atoms with E-state index in [4.69, 9.17) is 13.8 Å². The van der Waals surface area contributed by atoms with Crippen molar-refractivity contribution < 1.29 is 8.83 Å². The first-order valence-corrected chi connectivity index (χ1v) is 17.8. The van der Waals surface area contributed by atoms with Crippen LogP contribution in [0.15, 0.2) is 203 Å². The molecule has 4 nitrogen and oxygen atoms in total. The molecule has 10 rings (SSSR count). The van der Waals surface area contributed by atoms with E-state index in [2.05, 4.69) is 144 Å². The average Bonchev–Trinajstić information content (AvgIpc) is 3.84. The van der Waals surface area contributed by atoms with Gasteiger partial charge in [-0.15, -0.1) is 0 Å². The van der Waals surface area contributed by atoms with Crippen LogP contribution in [0.25, 0.3) is 77.9 Å². The third kappa shape index (κ3) is 5.63. The lowest BCUT2D eigenvalue weighted by atomic mass is 10.00. The molecule has 53 heavy (non-hydrogen) atoms. The van der Waals surface area contributed by atoms with Crippen molar-refractivity contribution in [3.8, 4) is 44.8 Å². The largest absolute Gasteiger partial charge is 0.456 e. The second-order valence-electron chi connectivity index (χ2n) is 13.2. The Morgan fingerprint density at radius 3 is 1.51 bits per heavy atom. The number of rotatable bonds is 7. The summed E-state index contributed by atoms with van der Waals surface area (Å²) in [6.45, 7) is 0. The zero-order valence-corrected chi connectivity index (χ0v) is 28.7. The first kappa shape index (κ1) is 30.6. The molecule has 0 aliphatic carbocycles. The minimum absolute atomic E-state index is 0.596. The summed E-state index contributed by atoms with van der Waals surface area (Å²) in [5.41, 5.74) is 14.2. The van der Waals surface area contributed by atoms with Gasteiger partial charge < -0.3 is 13.7 Å². The van der Waals surface area contributed by atoms with Crippen molar-refractivity contribution in [1.82, 2.24) is 4.98 Å². The number of hydrogen-bond acceptors (Lipinski definition) is 4. The van der Waals surface area contributed by atoms with E-state index in [0.29, 0.717) is 5.89 Å². The van der Waals surface area contributed by atoms with E-state index >= 15 is 0 Å². The van der Waals surface area contributed by atoms with Crippen LogP contribution in [0.1, 0.15) is 0 Å². The topological polar surface area (TPSA) is 42.4 Å². The molecule has 0 atom stereocenters. The Morgan fingerprint density at radius 2 is 0.849 bits per heavy atom. The number of oxazole rings is 1. The van der Waals surface area contributed by atoms with Gasteiger partial charge in [0.2, 0.25) is 5.89 Å². The molecule has 0 unspecified atom stereocenters. The molecule has 0 amide bonds. The Hall–Kier alpha value is -7.17. The number of anilines is 3. The molecule has 4 heteroatoms. The summed E-state index contributed by atoms with van der Waals surface area (Å²) in [6.07, 6.45) is 0. The van der Waals surface area contributed by atoms with Gasteiger partial charge in [0.25, 0.3) is 0 Å². The zero-order chi connectivity index (χ0) is 35.1. The van der Waals surface area contributed by atoms with Crippen LogP contribution in [0.3, 0.4) is 0 Å². The lowest BCUT2D eigenvalue weighted by Crippen LogP contribution is -2.10. The van der Waals surface area contributed by atoms with Crippen molar-refractivity contribution in [3.05, 3.63) is 194 Å². The average molecular weight is 681 g/mol. The molecule has 0 spiro atoms. The quantitative estimate of drug-likeness (QED) is 0.168. The van der Waals surface area contributed by atoms with E-state index < -0.39 is 0 Å². The molecule has 2 aromatic heterocycles. The Balaban J connectivity index is 1.07. The van der Waals surface area contributed by atoms with Gasteiger partial charge in [-0.05, 0) is 94.0 Å². The van der Waals surface area contributed by atoms with Gasteiger partial charge in [0.15, 0.2) is 5.58 Å². The van der Waals surface area contributed by atoms with Crippen molar-refractivity contribution >= 4 is 50.1 Å². The predicted octanol–water partition coefficient (Wildman–Crippen LogP) is 13.9. The number of benzene rings is 8. The summed E-state index contributed by atoms with van der Waals surface area (Å²) in [4.78, 5) is 7.23. The van der Waals surface area contributed by atoms with Crippen LogP contribution < -0.4 is 4.90 Å². The molecule has 0 saturated carbocycles. The van der Waals surface area contributed by atoms with Crippen LogP contribution in [0.4, 0.5) is 17.1 Å². The summed E-state index contributed by atoms with van der Waals surface area (Å²) >= 11 is 0. The zero-order valence-electron chi connectivity index (χ0n) is 28.7. The maximum absolute atomic E-state index is 6.54. The highest BCUT2D eigenvalue weighted by atomic mass is 16.4. The molecule has 8 aromatic carbocycles. The molecule has 0 aliphatic rings. The van der Waals surface area contributed by atoms with Gasteiger partial charge in [-0.2, -0.15) is 0 Å². The summed E-state index contributed by atoms with van der Waals surface area (Å²) in [5.74, 6) is 0.596. The first-order valence-electron chi connectivity index (χ1n) is 17.8.